The number of aromatic amines is 1. The van der Waals surface area contributed by atoms with Gasteiger partial charge in [0.25, 0.3) is 0 Å². The molecule has 0 unspecified atom stereocenters. The second kappa shape index (κ2) is 6.95. The van der Waals surface area contributed by atoms with Crippen molar-refractivity contribution in [3.05, 3.63) is 53.3 Å². The number of nitrogens with one attached hydrogen (secondary N) is 2. The number of benzene rings is 1. The topological polar surface area (TPSA) is 87.7 Å². The van der Waals surface area contributed by atoms with Gasteiger partial charge in [-0.2, -0.15) is 5.10 Å². The van der Waals surface area contributed by atoms with Crippen molar-refractivity contribution in [2.45, 2.75) is 20.3 Å². The highest BCUT2D eigenvalue weighted by Gasteiger charge is 2.09. The smallest absolute Gasteiger partial charge is 0.232 e. The average molecular weight is 354 g/mol. The van der Waals surface area contributed by atoms with E-state index in [0.717, 1.165) is 22.1 Å². The lowest BCUT2D eigenvalue weighted by Crippen LogP contribution is -2.16. The maximum Gasteiger partial charge on any atom is 0.232 e. The zero-order valence-electron chi connectivity index (χ0n) is 14.0. The fourth-order valence-corrected chi connectivity index (χ4v) is 3.49. The predicted molar refractivity (Wildman–Crippen MR) is 98.7 cm³/mol. The minimum absolute atomic E-state index is 0.0955. The van der Waals surface area contributed by atoms with E-state index in [1.807, 2.05) is 26.0 Å². The molecule has 2 heterocycles. The zero-order chi connectivity index (χ0) is 17.9. The number of pyridine rings is 1. The molecule has 0 aliphatic rings. The van der Waals surface area contributed by atoms with E-state index in [9.17, 15) is 8.42 Å². The van der Waals surface area contributed by atoms with Gasteiger partial charge in [0.15, 0.2) is 5.65 Å². The van der Waals surface area contributed by atoms with Crippen LogP contribution in [0.4, 0.5) is 5.69 Å². The fraction of sp³-hybridized carbons (Fsp3) is 0.222. The zero-order valence-corrected chi connectivity index (χ0v) is 14.8. The summed E-state index contributed by atoms with van der Waals surface area (Å²) < 4.78 is 26.4. The van der Waals surface area contributed by atoms with E-state index in [0.29, 0.717) is 17.8 Å². The van der Waals surface area contributed by atoms with E-state index in [1.54, 1.807) is 24.5 Å². The Bertz CT molecular complexity index is 1080. The second-order valence-electron chi connectivity index (χ2n) is 5.73. The van der Waals surface area contributed by atoms with Crippen LogP contribution >= 0.6 is 0 Å². The largest absolute Gasteiger partial charge is 0.284 e. The Hall–Kier alpha value is -2.85. The highest BCUT2D eigenvalue weighted by Crippen LogP contribution is 2.16. The quantitative estimate of drug-likeness (QED) is 0.705. The summed E-state index contributed by atoms with van der Waals surface area (Å²) in [5, 5.41) is 7.62. The first-order valence-corrected chi connectivity index (χ1v) is 9.54. The Morgan fingerprint density at radius 3 is 2.84 bits per heavy atom. The van der Waals surface area contributed by atoms with Crippen molar-refractivity contribution < 1.29 is 8.42 Å². The molecular weight excluding hydrogens is 336 g/mol. The number of rotatable bonds is 4. The van der Waals surface area contributed by atoms with Crippen LogP contribution in [-0.4, -0.2) is 29.4 Å². The number of H-pyrrole nitrogens is 1. The van der Waals surface area contributed by atoms with Crippen LogP contribution in [0.2, 0.25) is 0 Å². The molecule has 2 N–H and O–H groups in total. The third-order valence-electron chi connectivity index (χ3n) is 3.62. The predicted octanol–water partition coefficient (Wildman–Crippen LogP) is 2.82. The van der Waals surface area contributed by atoms with Gasteiger partial charge in [0, 0.05) is 28.4 Å². The first kappa shape index (κ1) is 17.0. The first-order valence-electron chi connectivity index (χ1n) is 7.89. The van der Waals surface area contributed by atoms with E-state index >= 15 is 0 Å². The summed E-state index contributed by atoms with van der Waals surface area (Å²) in [7, 11) is -3.32. The molecule has 0 saturated carbocycles. The van der Waals surface area contributed by atoms with Gasteiger partial charge in [-0.25, -0.2) is 13.4 Å². The second-order valence-corrected chi connectivity index (χ2v) is 7.57. The number of sulfonamides is 1. The monoisotopic (exact) mass is 354 g/mol. The van der Waals surface area contributed by atoms with Crippen LogP contribution in [-0.2, 0) is 10.0 Å². The summed E-state index contributed by atoms with van der Waals surface area (Å²) in [6.45, 7) is 3.77. The molecule has 0 bridgehead atoms. The Kier molecular flexibility index (Phi) is 4.72. The van der Waals surface area contributed by atoms with Crippen molar-refractivity contribution in [1.29, 1.82) is 0 Å². The highest BCUT2D eigenvalue weighted by molar-refractivity contribution is 7.92. The lowest BCUT2D eigenvalue weighted by molar-refractivity contribution is 0.600. The molecule has 3 rings (SSSR count). The maximum absolute atomic E-state index is 11.9. The van der Waals surface area contributed by atoms with Crippen LogP contribution in [0.3, 0.4) is 0 Å². The number of hydrogen-bond acceptors (Lipinski definition) is 4. The van der Waals surface area contributed by atoms with Crippen LogP contribution in [0.15, 0.2) is 36.7 Å². The lowest BCUT2D eigenvalue weighted by Gasteiger charge is -2.08. The Morgan fingerprint density at radius 2 is 2.04 bits per heavy atom. The Balaban J connectivity index is 1.88. The van der Waals surface area contributed by atoms with Crippen LogP contribution in [0.1, 0.15) is 30.0 Å². The molecule has 6 nitrogen and oxygen atoms in total. The van der Waals surface area contributed by atoms with Crippen molar-refractivity contribution in [2.75, 3.05) is 10.5 Å². The van der Waals surface area contributed by atoms with Crippen LogP contribution in [0.25, 0.3) is 11.0 Å². The molecule has 0 aliphatic carbocycles. The van der Waals surface area contributed by atoms with Gasteiger partial charge in [0.2, 0.25) is 10.0 Å². The molecule has 7 heteroatoms. The molecule has 0 saturated heterocycles. The van der Waals surface area contributed by atoms with Gasteiger partial charge in [-0.05, 0) is 37.1 Å². The van der Waals surface area contributed by atoms with E-state index in [2.05, 4.69) is 31.7 Å². The molecule has 3 aromatic rings. The van der Waals surface area contributed by atoms with Gasteiger partial charge in [-0.3, -0.25) is 9.82 Å². The van der Waals surface area contributed by atoms with E-state index in [-0.39, 0.29) is 5.75 Å². The summed E-state index contributed by atoms with van der Waals surface area (Å²) >= 11 is 0. The number of fused-ring (bicyclic) bond motifs is 1. The van der Waals surface area contributed by atoms with Crippen molar-refractivity contribution >= 4 is 26.7 Å². The van der Waals surface area contributed by atoms with Crippen LogP contribution in [0.5, 0.6) is 0 Å². The molecule has 25 heavy (non-hydrogen) atoms. The normalized spacial score (nSPS) is 11.1. The minimum Gasteiger partial charge on any atom is -0.284 e. The molecular formula is C18H18N4O2S. The summed E-state index contributed by atoms with van der Waals surface area (Å²) in [6.07, 6.45) is 3.94. The van der Waals surface area contributed by atoms with Gasteiger partial charge in [-0.15, -0.1) is 0 Å². The molecule has 0 aliphatic heterocycles. The molecule has 0 spiro atoms. The molecule has 0 fully saturated rings. The lowest BCUT2D eigenvalue weighted by atomic mass is 10.1. The van der Waals surface area contributed by atoms with E-state index in [1.165, 1.54) is 0 Å². The number of aryl methyl sites for hydroxylation is 1. The summed E-state index contributed by atoms with van der Waals surface area (Å²) in [4.78, 5) is 4.25. The van der Waals surface area contributed by atoms with Crippen molar-refractivity contribution in [3.8, 4) is 11.8 Å². The Morgan fingerprint density at radius 1 is 1.20 bits per heavy atom. The standard InChI is InChI=1S/C18H18N4O2S/c1-3-8-25(23,24)22-17-7-4-13(2)15(10-17)6-5-14-9-16-12-20-21-18(16)19-11-14/h4,7,9-12,22H,3,8H2,1-2H3,(H,19,20,21). The average Bonchev–Trinajstić information content (AvgIpc) is 3.02. The van der Waals surface area contributed by atoms with Crippen LogP contribution < -0.4 is 4.72 Å². The van der Waals surface area contributed by atoms with Gasteiger partial charge in [-0.1, -0.05) is 24.8 Å². The summed E-state index contributed by atoms with van der Waals surface area (Å²) in [6, 6.07) is 7.25. The van der Waals surface area contributed by atoms with Gasteiger partial charge >= 0.3 is 0 Å². The number of aromatic nitrogens is 3. The van der Waals surface area contributed by atoms with Crippen LogP contribution in [0, 0.1) is 18.8 Å². The molecule has 2 aromatic heterocycles. The minimum atomic E-state index is -3.32. The fourth-order valence-electron chi connectivity index (χ4n) is 2.36. The molecule has 0 radical (unpaired) electrons. The van der Waals surface area contributed by atoms with Crippen molar-refractivity contribution in [3.63, 3.8) is 0 Å². The Labute approximate surface area is 146 Å². The van der Waals surface area contributed by atoms with Gasteiger partial charge < -0.3 is 0 Å². The molecule has 0 amide bonds. The van der Waals surface area contributed by atoms with Gasteiger partial charge in [0.05, 0.1) is 11.9 Å². The number of anilines is 1. The third kappa shape index (κ3) is 4.17. The van der Waals surface area contributed by atoms with Crippen molar-refractivity contribution in [1.82, 2.24) is 15.2 Å². The first-order chi connectivity index (χ1) is 12.0. The van der Waals surface area contributed by atoms with E-state index < -0.39 is 10.0 Å². The SMILES string of the molecule is CCCS(=O)(=O)Nc1ccc(C)c(C#Cc2cnc3[nH]ncc3c2)c1. The van der Waals surface area contributed by atoms with E-state index in [4.69, 9.17) is 0 Å². The number of hydrogen-bond donors (Lipinski definition) is 2. The molecule has 1 aromatic carbocycles. The van der Waals surface area contributed by atoms with Crippen molar-refractivity contribution in [2.24, 2.45) is 0 Å². The molecule has 0 atom stereocenters. The third-order valence-corrected chi connectivity index (χ3v) is 5.11. The summed E-state index contributed by atoms with van der Waals surface area (Å²) in [5.41, 5.74) is 3.75. The number of nitrogens with zero attached hydrogens (tertiary/aromatic N) is 2. The molecule has 128 valence electrons. The van der Waals surface area contributed by atoms with Gasteiger partial charge in [0.1, 0.15) is 0 Å². The summed E-state index contributed by atoms with van der Waals surface area (Å²) in [5.74, 6) is 6.25. The maximum atomic E-state index is 11.9. The highest BCUT2D eigenvalue weighted by atomic mass is 32.2.